The molecule has 0 saturated carbocycles. The molecule has 0 atom stereocenters. The summed E-state index contributed by atoms with van der Waals surface area (Å²) in [5.41, 5.74) is 7.18. The molecule has 0 amide bonds. The van der Waals surface area contributed by atoms with Crippen LogP contribution in [0.4, 0.5) is 0 Å². The number of rotatable bonds is 3. The summed E-state index contributed by atoms with van der Waals surface area (Å²) in [4.78, 5) is 0. The zero-order valence-corrected chi connectivity index (χ0v) is 9.82. The fraction of sp³-hybridized carbons (Fsp3) is 0.375. The highest BCUT2D eigenvalue weighted by Crippen LogP contribution is 2.14. The van der Waals surface area contributed by atoms with Gasteiger partial charge in [-0.2, -0.15) is 5.10 Å². The van der Waals surface area contributed by atoms with Crippen LogP contribution in [0.25, 0.3) is 0 Å². The van der Waals surface area contributed by atoms with Crippen molar-refractivity contribution in [3.05, 3.63) is 28.3 Å². The van der Waals surface area contributed by atoms with Gasteiger partial charge in [-0.25, -0.2) is 5.84 Å². The molecule has 0 spiro atoms. The Morgan fingerprint density at radius 3 is 2.79 bits per heavy atom. The molecule has 6 heteroatoms. The zero-order valence-electron chi connectivity index (χ0n) is 8.24. The van der Waals surface area contributed by atoms with E-state index in [0.717, 1.165) is 15.9 Å². The number of aryl methyl sites for hydroxylation is 1. The van der Waals surface area contributed by atoms with Gasteiger partial charge in [0.25, 0.3) is 0 Å². The Labute approximate surface area is 91.5 Å². The molecule has 1 aromatic heterocycles. The molecule has 0 unspecified atom stereocenters. The van der Waals surface area contributed by atoms with Gasteiger partial charge in [-0.15, -0.1) is 0 Å². The van der Waals surface area contributed by atoms with Crippen molar-refractivity contribution < 1.29 is 0 Å². The third-order valence-corrected chi connectivity index (χ3v) is 2.63. The van der Waals surface area contributed by atoms with E-state index < -0.39 is 0 Å². The van der Waals surface area contributed by atoms with Crippen LogP contribution in [0.5, 0.6) is 0 Å². The third-order valence-electron chi connectivity index (χ3n) is 1.86. The number of hydrogen-bond acceptors (Lipinski definition) is 4. The van der Waals surface area contributed by atoms with Crippen LogP contribution in [0.15, 0.2) is 22.6 Å². The highest BCUT2D eigenvalue weighted by Gasteiger charge is 2.05. The largest absolute Gasteiger partial charge is 0.403 e. The van der Waals surface area contributed by atoms with Crippen LogP contribution < -0.4 is 11.6 Å². The molecule has 0 bridgehead atoms. The van der Waals surface area contributed by atoms with Gasteiger partial charge in [-0.1, -0.05) is 0 Å². The first-order valence-electron chi connectivity index (χ1n) is 4.13. The second-order valence-corrected chi connectivity index (χ2v) is 3.88. The molecule has 0 radical (unpaired) electrons. The number of aromatic nitrogens is 2. The van der Waals surface area contributed by atoms with Gasteiger partial charge in [0.2, 0.25) is 0 Å². The van der Waals surface area contributed by atoms with Crippen molar-refractivity contribution in [3.8, 4) is 0 Å². The SMILES string of the molecule is Cc1nn(C/C(=C/N)N(C)N)cc1Br. The van der Waals surface area contributed by atoms with E-state index in [-0.39, 0.29) is 0 Å². The molecule has 14 heavy (non-hydrogen) atoms. The molecule has 78 valence electrons. The fourth-order valence-electron chi connectivity index (χ4n) is 1.02. The molecule has 1 rings (SSSR count). The van der Waals surface area contributed by atoms with Crippen LogP contribution in [-0.4, -0.2) is 21.8 Å². The Bertz CT molecular complexity index is 322. The highest BCUT2D eigenvalue weighted by atomic mass is 79.9. The molecule has 0 aliphatic carbocycles. The molecule has 4 N–H and O–H groups in total. The fourth-order valence-corrected chi connectivity index (χ4v) is 1.34. The summed E-state index contributed by atoms with van der Waals surface area (Å²) < 4.78 is 2.76. The number of nitrogens with two attached hydrogens (primary N) is 2. The average molecular weight is 260 g/mol. The summed E-state index contributed by atoms with van der Waals surface area (Å²) in [5.74, 6) is 5.57. The lowest BCUT2D eigenvalue weighted by molar-refractivity contribution is 0.401. The number of halogens is 1. The van der Waals surface area contributed by atoms with Gasteiger partial charge in [0, 0.05) is 19.4 Å². The predicted molar refractivity (Wildman–Crippen MR) is 58.9 cm³/mol. The summed E-state index contributed by atoms with van der Waals surface area (Å²) in [5, 5.41) is 5.75. The second-order valence-electron chi connectivity index (χ2n) is 3.03. The average Bonchev–Trinajstić information content (AvgIpc) is 2.41. The minimum atomic E-state index is 0.565. The van der Waals surface area contributed by atoms with E-state index in [9.17, 15) is 0 Å². The van der Waals surface area contributed by atoms with E-state index in [0.29, 0.717) is 6.54 Å². The summed E-state index contributed by atoms with van der Waals surface area (Å²) in [6.07, 6.45) is 3.37. The van der Waals surface area contributed by atoms with Crippen molar-refractivity contribution >= 4 is 15.9 Å². The van der Waals surface area contributed by atoms with Gasteiger partial charge in [0.05, 0.1) is 22.4 Å². The molecule has 0 aliphatic rings. The smallest absolute Gasteiger partial charge is 0.0836 e. The quantitative estimate of drug-likeness (QED) is 0.615. The minimum Gasteiger partial charge on any atom is -0.403 e. The number of allylic oxidation sites excluding steroid dienone is 1. The van der Waals surface area contributed by atoms with Crippen LogP contribution in [0.3, 0.4) is 0 Å². The van der Waals surface area contributed by atoms with Gasteiger partial charge in [-0.3, -0.25) is 4.68 Å². The second kappa shape index (κ2) is 4.47. The van der Waals surface area contributed by atoms with Crippen LogP contribution in [0.1, 0.15) is 5.69 Å². The van der Waals surface area contributed by atoms with Crippen LogP contribution in [0, 0.1) is 6.92 Å². The van der Waals surface area contributed by atoms with E-state index in [1.807, 2.05) is 13.1 Å². The van der Waals surface area contributed by atoms with Gasteiger partial charge < -0.3 is 10.7 Å². The Morgan fingerprint density at radius 1 is 1.79 bits per heavy atom. The topological polar surface area (TPSA) is 73.1 Å². The lowest BCUT2D eigenvalue weighted by Crippen LogP contribution is -2.28. The van der Waals surface area contributed by atoms with E-state index >= 15 is 0 Å². The standard InChI is InChI=1S/C8H14BrN5/c1-6-8(9)5-14(12-6)4-7(3-10)13(2)11/h3,5H,4,10-11H2,1-2H3/b7-3-. The lowest BCUT2D eigenvalue weighted by Gasteiger charge is -2.15. The molecular weight excluding hydrogens is 246 g/mol. The number of likely N-dealkylation sites (N-methyl/N-ethyl adjacent to an activating group) is 1. The van der Waals surface area contributed by atoms with Crippen molar-refractivity contribution in [1.82, 2.24) is 14.8 Å². The van der Waals surface area contributed by atoms with E-state index in [1.165, 1.54) is 11.2 Å². The third kappa shape index (κ3) is 2.49. The number of hydrazine groups is 1. The zero-order chi connectivity index (χ0) is 10.7. The molecular formula is C8H14BrN5. The Balaban J connectivity index is 2.78. The van der Waals surface area contributed by atoms with Crippen LogP contribution in [-0.2, 0) is 6.54 Å². The molecule has 5 nitrogen and oxygen atoms in total. The lowest BCUT2D eigenvalue weighted by atomic mass is 10.4. The van der Waals surface area contributed by atoms with Crippen molar-refractivity contribution in [2.45, 2.75) is 13.5 Å². The maximum Gasteiger partial charge on any atom is 0.0836 e. The number of nitrogens with zero attached hydrogens (tertiary/aromatic N) is 3. The Morgan fingerprint density at radius 2 is 2.43 bits per heavy atom. The number of hydrogen-bond donors (Lipinski definition) is 2. The van der Waals surface area contributed by atoms with Crippen molar-refractivity contribution in [3.63, 3.8) is 0 Å². The van der Waals surface area contributed by atoms with Crippen molar-refractivity contribution in [2.24, 2.45) is 11.6 Å². The molecule has 0 aliphatic heterocycles. The van der Waals surface area contributed by atoms with E-state index in [2.05, 4.69) is 21.0 Å². The minimum absolute atomic E-state index is 0.565. The first-order valence-corrected chi connectivity index (χ1v) is 4.92. The van der Waals surface area contributed by atoms with Gasteiger partial charge in [0.1, 0.15) is 0 Å². The Kier molecular flexibility index (Phi) is 3.54. The first-order chi connectivity index (χ1) is 6.54. The van der Waals surface area contributed by atoms with E-state index in [1.54, 1.807) is 11.7 Å². The summed E-state index contributed by atoms with van der Waals surface area (Å²) in [7, 11) is 1.74. The highest BCUT2D eigenvalue weighted by molar-refractivity contribution is 9.10. The molecule has 0 fully saturated rings. The maximum absolute atomic E-state index is 5.57. The van der Waals surface area contributed by atoms with E-state index in [4.69, 9.17) is 11.6 Å². The summed E-state index contributed by atoms with van der Waals surface area (Å²) in [6, 6.07) is 0. The molecule has 0 saturated heterocycles. The van der Waals surface area contributed by atoms with Crippen molar-refractivity contribution in [2.75, 3.05) is 7.05 Å². The summed E-state index contributed by atoms with van der Waals surface area (Å²) in [6.45, 7) is 2.49. The first kappa shape index (κ1) is 11.1. The Hall–Kier alpha value is -1.01. The van der Waals surface area contributed by atoms with Gasteiger partial charge in [0.15, 0.2) is 0 Å². The molecule has 1 aromatic rings. The van der Waals surface area contributed by atoms with Crippen molar-refractivity contribution in [1.29, 1.82) is 0 Å². The predicted octanol–water partition coefficient (Wildman–Crippen LogP) is 0.560. The maximum atomic E-state index is 5.57. The summed E-state index contributed by atoms with van der Waals surface area (Å²) >= 11 is 3.39. The van der Waals surface area contributed by atoms with Crippen LogP contribution in [0.2, 0.25) is 0 Å². The van der Waals surface area contributed by atoms with Gasteiger partial charge in [-0.05, 0) is 22.9 Å². The monoisotopic (exact) mass is 259 g/mol. The van der Waals surface area contributed by atoms with Crippen LogP contribution >= 0.6 is 15.9 Å². The van der Waals surface area contributed by atoms with Gasteiger partial charge >= 0.3 is 0 Å². The molecule has 0 aromatic carbocycles. The normalized spacial score (nSPS) is 11.9. The molecule has 1 heterocycles.